The molecule has 0 spiro atoms. The summed E-state index contributed by atoms with van der Waals surface area (Å²) in [6, 6.07) is 4.14. The summed E-state index contributed by atoms with van der Waals surface area (Å²) in [5.74, 6) is 5.32. The van der Waals surface area contributed by atoms with Crippen molar-refractivity contribution in [3.8, 4) is 11.5 Å². The van der Waals surface area contributed by atoms with E-state index in [1.54, 1.807) is 0 Å². The van der Waals surface area contributed by atoms with Gasteiger partial charge in [0.15, 0.2) is 0 Å². The van der Waals surface area contributed by atoms with Crippen LogP contribution in [0, 0.1) is 4.77 Å². The third-order valence-corrected chi connectivity index (χ3v) is 2.37. The van der Waals surface area contributed by atoms with Crippen LogP contribution in [0.1, 0.15) is 5.56 Å². The van der Waals surface area contributed by atoms with Crippen LogP contribution in [-0.2, 0) is 0 Å². The van der Waals surface area contributed by atoms with Crippen LogP contribution >= 0.6 is 12.2 Å². The zero-order chi connectivity index (χ0) is 13.1. The van der Waals surface area contributed by atoms with Gasteiger partial charge in [0.05, 0.1) is 6.21 Å². The number of nitrogens with two attached hydrogens (primary N) is 1. The molecule has 6 N–H and O–H groups in total. The maximum absolute atomic E-state index is 9.57. The number of nitrogen functional groups attached to an aromatic ring is 1. The molecule has 8 nitrogen and oxygen atoms in total. The van der Waals surface area contributed by atoms with Gasteiger partial charge in [-0.1, -0.05) is 0 Å². The molecule has 0 amide bonds. The third kappa shape index (κ3) is 2.31. The highest BCUT2D eigenvalue weighted by Gasteiger charge is 2.03. The molecule has 18 heavy (non-hydrogen) atoms. The second kappa shape index (κ2) is 4.85. The Balaban J connectivity index is 2.35. The minimum absolute atomic E-state index is 0.0334. The second-order valence-electron chi connectivity index (χ2n) is 3.30. The SMILES string of the molecule is NNc1n[nH]c(=S)n1N=Cc1ccc(O)cc1O. The van der Waals surface area contributed by atoms with Crippen molar-refractivity contribution in [3.63, 3.8) is 0 Å². The first-order valence-corrected chi connectivity index (χ1v) is 5.23. The van der Waals surface area contributed by atoms with Gasteiger partial charge in [0.25, 0.3) is 5.95 Å². The first kappa shape index (κ1) is 12.1. The van der Waals surface area contributed by atoms with Gasteiger partial charge in [0, 0.05) is 11.6 Å². The van der Waals surface area contributed by atoms with Gasteiger partial charge in [-0.2, -0.15) is 9.78 Å². The Morgan fingerprint density at radius 1 is 1.50 bits per heavy atom. The van der Waals surface area contributed by atoms with E-state index < -0.39 is 0 Å². The normalized spacial score (nSPS) is 10.9. The van der Waals surface area contributed by atoms with Crippen LogP contribution in [0.5, 0.6) is 11.5 Å². The smallest absolute Gasteiger partial charge is 0.258 e. The molecule has 1 aromatic heterocycles. The second-order valence-corrected chi connectivity index (χ2v) is 3.68. The van der Waals surface area contributed by atoms with E-state index in [-0.39, 0.29) is 22.2 Å². The number of phenolic OH excluding ortho intramolecular Hbond substituents is 2. The number of phenols is 2. The van der Waals surface area contributed by atoms with Crippen LogP contribution in [0.25, 0.3) is 0 Å². The largest absolute Gasteiger partial charge is 0.508 e. The third-order valence-electron chi connectivity index (χ3n) is 2.11. The van der Waals surface area contributed by atoms with Crippen LogP contribution in [0.3, 0.4) is 0 Å². The zero-order valence-corrected chi connectivity index (χ0v) is 9.85. The molecule has 1 heterocycles. The molecule has 0 bridgehead atoms. The Morgan fingerprint density at radius 3 is 2.94 bits per heavy atom. The van der Waals surface area contributed by atoms with Gasteiger partial charge < -0.3 is 10.2 Å². The summed E-state index contributed by atoms with van der Waals surface area (Å²) in [6.45, 7) is 0. The molecule has 0 unspecified atom stereocenters. The Kier molecular flexibility index (Phi) is 3.26. The maximum atomic E-state index is 9.57. The number of anilines is 1. The van der Waals surface area contributed by atoms with Gasteiger partial charge in [-0.25, -0.2) is 10.9 Å². The van der Waals surface area contributed by atoms with Gasteiger partial charge in [-0.15, -0.1) is 5.10 Å². The highest BCUT2D eigenvalue weighted by atomic mass is 32.1. The molecule has 94 valence electrons. The average Bonchev–Trinajstić information content (AvgIpc) is 2.69. The Morgan fingerprint density at radius 2 is 2.28 bits per heavy atom. The molecular formula is C9H10N6O2S. The number of nitrogens with zero attached hydrogens (tertiary/aromatic N) is 3. The average molecular weight is 266 g/mol. The quantitative estimate of drug-likeness (QED) is 0.239. The van der Waals surface area contributed by atoms with E-state index in [1.807, 2.05) is 0 Å². The lowest BCUT2D eigenvalue weighted by atomic mass is 10.2. The number of H-pyrrole nitrogens is 1. The topological polar surface area (TPSA) is 124 Å². The number of aromatic nitrogens is 3. The van der Waals surface area contributed by atoms with Crippen LogP contribution in [0.2, 0.25) is 0 Å². The molecule has 0 saturated heterocycles. The van der Waals surface area contributed by atoms with E-state index in [1.165, 1.54) is 29.1 Å². The molecular weight excluding hydrogens is 256 g/mol. The number of rotatable bonds is 3. The van der Waals surface area contributed by atoms with Gasteiger partial charge >= 0.3 is 0 Å². The molecule has 0 atom stereocenters. The number of aromatic hydroxyl groups is 2. The van der Waals surface area contributed by atoms with Crippen molar-refractivity contribution in [2.75, 3.05) is 5.43 Å². The zero-order valence-electron chi connectivity index (χ0n) is 9.03. The number of hydrazine groups is 1. The predicted molar refractivity (Wildman–Crippen MR) is 68.0 cm³/mol. The summed E-state index contributed by atoms with van der Waals surface area (Å²) in [5, 5.41) is 29.0. The Hall–Kier alpha value is -2.39. The fourth-order valence-electron chi connectivity index (χ4n) is 1.25. The lowest BCUT2D eigenvalue weighted by molar-refractivity contribution is 0.450. The fraction of sp³-hybridized carbons (Fsp3) is 0. The molecule has 1 aromatic carbocycles. The van der Waals surface area contributed by atoms with Crippen molar-refractivity contribution in [1.29, 1.82) is 0 Å². The highest BCUT2D eigenvalue weighted by molar-refractivity contribution is 7.71. The minimum Gasteiger partial charge on any atom is -0.508 e. The molecule has 0 saturated carbocycles. The van der Waals surface area contributed by atoms with Gasteiger partial charge in [0.1, 0.15) is 11.5 Å². The van der Waals surface area contributed by atoms with Crippen LogP contribution in [0.15, 0.2) is 23.3 Å². The molecule has 9 heteroatoms. The van der Waals surface area contributed by atoms with Crippen LogP contribution in [-0.4, -0.2) is 31.3 Å². The van der Waals surface area contributed by atoms with E-state index in [2.05, 4.69) is 20.7 Å². The van der Waals surface area contributed by atoms with E-state index in [9.17, 15) is 5.11 Å². The van der Waals surface area contributed by atoms with Gasteiger partial charge in [-0.3, -0.25) is 5.43 Å². The van der Waals surface area contributed by atoms with Crippen molar-refractivity contribution >= 4 is 24.4 Å². The lowest BCUT2D eigenvalue weighted by Gasteiger charge is -2.00. The number of aromatic amines is 1. The number of hydrogen-bond donors (Lipinski definition) is 5. The first-order valence-electron chi connectivity index (χ1n) is 4.82. The van der Waals surface area contributed by atoms with E-state index in [0.717, 1.165) is 0 Å². The van der Waals surface area contributed by atoms with Gasteiger partial charge in [0.2, 0.25) is 4.77 Å². The molecule has 0 radical (unpaired) electrons. The molecule has 0 aliphatic carbocycles. The maximum Gasteiger partial charge on any atom is 0.258 e. The van der Waals surface area contributed by atoms with E-state index >= 15 is 0 Å². The summed E-state index contributed by atoms with van der Waals surface area (Å²) in [7, 11) is 0. The summed E-state index contributed by atoms with van der Waals surface area (Å²) in [4.78, 5) is 0. The highest BCUT2D eigenvalue weighted by Crippen LogP contribution is 2.20. The summed E-state index contributed by atoms with van der Waals surface area (Å²) < 4.78 is 1.50. The fourth-order valence-corrected chi connectivity index (χ4v) is 1.43. The Bertz CT molecular complexity index is 647. The molecule has 0 fully saturated rings. The standard InChI is InChI=1S/C9H10N6O2S/c10-12-8-13-14-9(18)15(8)11-4-5-1-2-6(16)3-7(5)17/h1-4,16-17H,10H2,(H,12,13)(H,14,18). The Labute approximate surface area is 106 Å². The lowest BCUT2D eigenvalue weighted by Crippen LogP contribution is -2.11. The van der Waals surface area contributed by atoms with Crippen LogP contribution < -0.4 is 11.3 Å². The molecule has 0 aliphatic rings. The summed E-state index contributed by atoms with van der Waals surface area (Å²) in [6.07, 6.45) is 1.36. The molecule has 2 rings (SSSR count). The van der Waals surface area contributed by atoms with Crippen LogP contribution in [0.4, 0.5) is 5.95 Å². The van der Waals surface area contributed by atoms with Gasteiger partial charge in [-0.05, 0) is 24.4 Å². The molecule has 2 aromatic rings. The summed E-state index contributed by atoms with van der Waals surface area (Å²) >= 11 is 4.94. The van der Waals surface area contributed by atoms with Crippen molar-refractivity contribution in [2.45, 2.75) is 0 Å². The number of hydrogen-bond acceptors (Lipinski definition) is 7. The first-order chi connectivity index (χ1) is 8.61. The number of benzene rings is 1. The number of nitrogens with one attached hydrogen (secondary N) is 2. The van der Waals surface area contributed by atoms with Crippen molar-refractivity contribution in [1.82, 2.24) is 14.9 Å². The summed E-state index contributed by atoms with van der Waals surface area (Å²) in [5.41, 5.74) is 2.73. The van der Waals surface area contributed by atoms with Crippen molar-refractivity contribution < 1.29 is 10.2 Å². The molecule has 0 aliphatic heterocycles. The minimum atomic E-state index is -0.101. The van der Waals surface area contributed by atoms with Crippen molar-refractivity contribution in [3.05, 3.63) is 28.5 Å². The predicted octanol–water partition coefficient (Wildman–Crippen LogP) is 0.520. The van der Waals surface area contributed by atoms with Crippen molar-refractivity contribution in [2.24, 2.45) is 10.9 Å². The van der Waals surface area contributed by atoms with E-state index in [4.69, 9.17) is 23.2 Å². The monoisotopic (exact) mass is 266 g/mol. The van der Waals surface area contributed by atoms with E-state index in [0.29, 0.717) is 5.56 Å².